The first-order chi connectivity index (χ1) is 19.2. The summed E-state index contributed by atoms with van der Waals surface area (Å²) in [6.45, 7) is 1.74. The zero-order valence-electron chi connectivity index (χ0n) is 22.2. The molecule has 2 heterocycles. The first-order valence-electron chi connectivity index (χ1n) is 12.6. The molecular weight excluding hydrogens is 534 g/mol. The lowest BCUT2D eigenvalue weighted by Crippen LogP contribution is -2.49. The number of esters is 1. The van der Waals surface area contributed by atoms with E-state index in [9.17, 15) is 14.4 Å². The maximum Gasteiger partial charge on any atom is 0.356 e. The molecule has 0 bridgehead atoms. The lowest BCUT2D eigenvalue weighted by molar-refractivity contribution is 0.0190. The van der Waals surface area contributed by atoms with Gasteiger partial charge in [-0.2, -0.15) is 0 Å². The van der Waals surface area contributed by atoms with E-state index >= 15 is 0 Å². The van der Waals surface area contributed by atoms with Crippen molar-refractivity contribution < 1.29 is 33.3 Å². The van der Waals surface area contributed by atoms with E-state index in [1.807, 2.05) is 42.5 Å². The van der Waals surface area contributed by atoms with Crippen molar-refractivity contribution in [3.8, 4) is 28.4 Å². The van der Waals surface area contributed by atoms with E-state index in [-0.39, 0.29) is 57.0 Å². The Hall–Kier alpha value is -4.43. The van der Waals surface area contributed by atoms with Gasteiger partial charge in [0.1, 0.15) is 33.5 Å². The highest BCUT2D eigenvalue weighted by Gasteiger charge is 2.61. The van der Waals surface area contributed by atoms with Crippen LogP contribution in [0.25, 0.3) is 21.9 Å². The molecule has 1 aromatic heterocycles. The maximum absolute atomic E-state index is 14.4. The minimum absolute atomic E-state index is 0.00360. The molecule has 8 nitrogen and oxygen atoms in total. The van der Waals surface area contributed by atoms with Crippen molar-refractivity contribution in [2.45, 2.75) is 18.9 Å². The van der Waals surface area contributed by atoms with Gasteiger partial charge >= 0.3 is 5.97 Å². The average Bonchev–Trinajstić information content (AvgIpc) is 3.29. The molecule has 2 unspecified atom stereocenters. The summed E-state index contributed by atoms with van der Waals surface area (Å²) in [5, 5.41) is 2.05. The molecule has 4 aromatic rings. The van der Waals surface area contributed by atoms with Crippen LogP contribution in [-0.2, 0) is 10.3 Å². The SMILES string of the molecule is COC(=O)c1cc(-c2ccc3ccccc3c2)c2c(n1)C1(Oc3c(Cl)c(OC)cc(OC)c3C1=O)C(C)CC2=O. The Bertz CT molecular complexity index is 1760. The molecule has 2 atom stereocenters. The second-order valence-corrected chi connectivity index (χ2v) is 10.2. The standard InChI is InChI=1S/C31H24ClNO7/c1-15-11-21(34)24-19(18-10-9-16-7-5-6-8-17(16)12-18)13-20(30(36)39-4)33-28(24)31(15)29(35)25-22(37-2)14-23(38-3)26(32)27(25)40-31/h5-10,12-15H,11H2,1-4H3. The molecule has 1 aliphatic heterocycles. The van der Waals surface area contributed by atoms with Crippen LogP contribution in [0.5, 0.6) is 17.2 Å². The minimum atomic E-state index is -1.75. The first-order valence-corrected chi connectivity index (χ1v) is 13.0. The van der Waals surface area contributed by atoms with E-state index < -0.39 is 23.3 Å². The number of Topliss-reactive ketones (excluding diaryl/α,β-unsaturated/α-hetero) is 2. The van der Waals surface area contributed by atoms with Crippen LogP contribution in [0.1, 0.15) is 50.2 Å². The summed E-state index contributed by atoms with van der Waals surface area (Å²) in [4.78, 5) is 45.5. The smallest absolute Gasteiger partial charge is 0.356 e. The van der Waals surface area contributed by atoms with E-state index in [2.05, 4.69) is 4.98 Å². The summed E-state index contributed by atoms with van der Waals surface area (Å²) in [7, 11) is 4.11. The predicted octanol–water partition coefficient (Wildman–Crippen LogP) is 6.05. The summed E-state index contributed by atoms with van der Waals surface area (Å²) in [6, 6.07) is 16.6. The molecule has 40 heavy (non-hydrogen) atoms. The zero-order valence-corrected chi connectivity index (χ0v) is 22.9. The van der Waals surface area contributed by atoms with Crippen molar-refractivity contribution in [1.82, 2.24) is 4.98 Å². The molecule has 0 saturated carbocycles. The average molecular weight is 558 g/mol. The van der Waals surface area contributed by atoms with Gasteiger partial charge in [-0.15, -0.1) is 0 Å². The fraction of sp³-hybridized carbons (Fsp3) is 0.226. The molecule has 0 amide bonds. The quantitative estimate of drug-likeness (QED) is 0.279. The van der Waals surface area contributed by atoms with Gasteiger partial charge in [0, 0.05) is 18.4 Å². The second-order valence-electron chi connectivity index (χ2n) is 9.83. The van der Waals surface area contributed by atoms with E-state index in [4.69, 9.17) is 30.5 Å². The molecule has 6 rings (SSSR count). The largest absolute Gasteiger partial charge is 0.496 e. The first kappa shape index (κ1) is 25.8. The number of rotatable bonds is 4. The summed E-state index contributed by atoms with van der Waals surface area (Å²) in [6.07, 6.45) is 0.00360. The van der Waals surface area contributed by atoms with Crippen LogP contribution in [0.15, 0.2) is 54.6 Å². The number of methoxy groups -OCH3 is 3. The number of ether oxygens (including phenoxy) is 4. The number of nitrogens with zero attached hydrogens (tertiary/aromatic N) is 1. The maximum atomic E-state index is 14.4. The molecule has 2 aliphatic rings. The molecule has 0 N–H and O–H groups in total. The number of aromatic nitrogens is 1. The van der Waals surface area contributed by atoms with E-state index in [1.54, 1.807) is 6.92 Å². The Morgan fingerprint density at radius 1 is 0.975 bits per heavy atom. The third-order valence-electron chi connectivity index (χ3n) is 7.71. The lowest BCUT2D eigenvalue weighted by atomic mass is 9.70. The fourth-order valence-electron chi connectivity index (χ4n) is 5.73. The van der Waals surface area contributed by atoms with Crippen molar-refractivity contribution in [3.05, 3.63) is 82.1 Å². The topological polar surface area (TPSA) is 101 Å². The van der Waals surface area contributed by atoms with Gasteiger partial charge < -0.3 is 18.9 Å². The molecule has 1 spiro atoms. The Morgan fingerprint density at radius 3 is 2.40 bits per heavy atom. The van der Waals surface area contributed by atoms with Crippen LogP contribution in [-0.4, -0.2) is 43.8 Å². The molecule has 0 saturated heterocycles. The molecule has 3 aromatic carbocycles. The lowest BCUT2D eigenvalue weighted by Gasteiger charge is -2.38. The van der Waals surface area contributed by atoms with Crippen LogP contribution in [0.3, 0.4) is 0 Å². The van der Waals surface area contributed by atoms with Crippen LogP contribution in [0.2, 0.25) is 5.02 Å². The summed E-state index contributed by atoms with van der Waals surface area (Å²) in [5.74, 6) is -1.51. The number of fused-ring (bicyclic) bond motifs is 4. The van der Waals surface area contributed by atoms with Crippen LogP contribution in [0, 0.1) is 5.92 Å². The number of hydrogen-bond acceptors (Lipinski definition) is 8. The fourth-order valence-corrected chi connectivity index (χ4v) is 5.99. The van der Waals surface area contributed by atoms with E-state index in [0.29, 0.717) is 11.1 Å². The number of carbonyl (C=O) groups is 3. The van der Waals surface area contributed by atoms with Crippen LogP contribution in [0.4, 0.5) is 0 Å². The Kier molecular flexibility index (Phi) is 6.03. The van der Waals surface area contributed by atoms with Crippen LogP contribution < -0.4 is 14.2 Å². The number of hydrogen-bond donors (Lipinski definition) is 0. The van der Waals surface area contributed by atoms with Gasteiger partial charge in [-0.05, 0) is 34.0 Å². The Labute approximate surface area is 234 Å². The molecule has 202 valence electrons. The Balaban J connectivity index is 1.67. The van der Waals surface area contributed by atoms with E-state index in [0.717, 1.165) is 10.8 Å². The summed E-state index contributed by atoms with van der Waals surface area (Å²) >= 11 is 6.62. The molecule has 0 radical (unpaired) electrons. The highest BCUT2D eigenvalue weighted by Crippen LogP contribution is 2.57. The third kappa shape index (κ3) is 3.52. The highest BCUT2D eigenvalue weighted by molar-refractivity contribution is 6.35. The second kappa shape index (κ2) is 9.34. The van der Waals surface area contributed by atoms with Gasteiger partial charge in [0.25, 0.3) is 0 Å². The molecular formula is C31H24ClNO7. The third-order valence-corrected chi connectivity index (χ3v) is 8.07. The van der Waals surface area contributed by atoms with Crippen molar-refractivity contribution in [1.29, 1.82) is 0 Å². The number of ketones is 2. The van der Waals surface area contributed by atoms with Crippen molar-refractivity contribution in [2.75, 3.05) is 21.3 Å². The van der Waals surface area contributed by atoms with E-state index in [1.165, 1.54) is 33.5 Å². The number of halogens is 1. The van der Waals surface area contributed by atoms with Crippen molar-refractivity contribution in [2.24, 2.45) is 5.92 Å². The number of pyridine rings is 1. The predicted molar refractivity (Wildman–Crippen MR) is 148 cm³/mol. The molecule has 9 heteroatoms. The molecule has 0 fully saturated rings. The van der Waals surface area contributed by atoms with Crippen molar-refractivity contribution >= 4 is 39.9 Å². The van der Waals surface area contributed by atoms with Gasteiger partial charge in [-0.3, -0.25) is 9.59 Å². The van der Waals surface area contributed by atoms with Gasteiger partial charge in [-0.1, -0.05) is 54.9 Å². The number of benzene rings is 3. The molecule has 1 aliphatic carbocycles. The summed E-state index contributed by atoms with van der Waals surface area (Å²) < 4.78 is 22.4. The van der Waals surface area contributed by atoms with Gasteiger partial charge in [-0.25, -0.2) is 9.78 Å². The monoisotopic (exact) mass is 557 g/mol. The van der Waals surface area contributed by atoms with Crippen molar-refractivity contribution in [3.63, 3.8) is 0 Å². The Morgan fingerprint density at radius 2 is 1.70 bits per heavy atom. The summed E-state index contributed by atoms with van der Waals surface area (Å²) in [5.41, 5.74) is -0.294. The van der Waals surface area contributed by atoms with Gasteiger partial charge in [0.2, 0.25) is 11.4 Å². The zero-order chi connectivity index (χ0) is 28.3. The minimum Gasteiger partial charge on any atom is -0.496 e. The van der Waals surface area contributed by atoms with Gasteiger partial charge in [0.15, 0.2) is 11.5 Å². The van der Waals surface area contributed by atoms with Crippen LogP contribution >= 0.6 is 11.6 Å². The van der Waals surface area contributed by atoms with Gasteiger partial charge in [0.05, 0.1) is 26.9 Å². The highest BCUT2D eigenvalue weighted by atomic mass is 35.5. The number of carbonyl (C=O) groups excluding carboxylic acids is 3. The normalized spacial score (nSPS) is 19.3.